The summed E-state index contributed by atoms with van der Waals surface area (Å²) in [6, 6.07) is 6.32. The quantitative estimate of drug-likeness (QED) is 0.410. The molecule has 0 N–H and O–H groups in total. The fourth-order valence-electron chi connectivity index (χ4n) is 1.79. The Kier molecular flexibility index (Phi) is 7.96. The summed E-state index contributed by atoms with van der Waals surface area (Å²) in [6.07, 6.45) is 1.84. The molecule has 1 unspecified atom stereocenters. The van der Waals surface area contributed by atoms with Gasteiger partial charge in [-0.25, -0.2) is 9.59 Å². The number of benzene rings is 1. The second-order valence-corrected chi connectivity index (χ2v) is 6.38. The summed E-state index contributed by atoms with van der Waals surface area (Å²) >= 11 is 5.73. The van der Waals surface area contributed by atoms with E-state index in [1.807, 2.05) is 0 Å². The molecule has 0 amide bonds. The molecule has 5 heteroatoms. The Balaban J connectivity index is 2.55. The highest BCUT2D eigenvalue weighted by atomic mass is 35.5. The third kappa shape index (κ3) is 6.94. The molecule has 0 saturated carbocycles. The Morgan fingerprint density at radius 1 is 1.09 bits per heavy atom. The molecule has 0 spiro atoms. The van der Waals surface area contributed by atoms with Crippen LogP contribution in [0.5, 0.6) is 0 Å². The van der Waals surface area contributed by atoms with E-state index in [1.165, 1.54) is 6.07 Å². The Bertz CT molecular complexity index is 497. The fraction of sp³-hybridized carbons (Fsp3) is 0.529. The van der Waals surface area contributed by atoms with E-state index in [-0.39, 0.29) is 12.0 Å². The van der Waals surface area contributed by atoms with Gasteiger partial charge in [-0.15, -0.1) is 11.6 Å². The van der Waals surface area contributed by atoms with Crippen LogP contribution < -0.4 is 0 Å². The molecule has 1 aromatic carbocycles. The average Bonchev–Trinajstić information content (AvgIpc) is 2.48. The van der Waals surface area contributed by atoms with E-state index in [4.69, 9.17) is 21.1 Å². The van der Waals surface area contributed by atoms with E-state index in [9.17, 15) is 9.59 Å². The van der Waals surface area contributed by atoms with Crippen molar-refractivity contribution in [1.82, 2.24) is 0 Å². The van der Waals surface area contributed by atoms with E-state index in [1.54, 1.807) is 25.1 Å². The summed E-state index contributed by atoms with van der Waals surface area (Å²) in [5, 5.41) is -0.252. The number of alkyl halides is 1. The smallest absolute Gasteiger partial charge is 0.338 e. The van der Waals surface area contributed by atoms with Crippen LogP contribution in [0.2, 0.25) is 0 Å². The van der Waals surface area contributed by atoms with Gasteiger partial charge >= 0.3 is 11.9 Å². The highest BCUT2D eigenvalue weighted by Crippen LogP contribution is 2.10. The maximum Gasteiger partial charge on any atom is 0.338 e. The summed E-state index contributed by atoms with van der Waals surface area (Å²) in [7, 11) is 0. The minimum atomic E-state index is -0.498. The molecule has 122 valence electrons. The summed E-state index contributed by atoms with van der Waals surface area (Å²) in [5.41, 5.74) is 0.659. The molecule has 0 saturated heterocycles. The molecule has 0 aliphatic carbocycles. The minimum Gasteiger partial charge on any atom is -0.462 e. The van der Waals surface area contributed by atoms with Crippen molar-refractivity contribution in [2.75, 3.05) is 13.2 Å². The van der Waals surface area contributed by atoms with Crippen molar-refractivity contribution in [2.24, 2.45) is 5.92 Å². The highest BCUT2D eigenvalue weighted by molar-refractivity contribution is 6.20. The van der Waals surface area contributed by atoms with Gasteiger partial charge in [0.25, 0.3) is 0 Å². The van der Waals surface area contributed by atoms with E-state index >= 15 is 0 Å². The van der Waals surface area contributed by atoms with Gasteiger partial charge in [0.1, 0.15) is 6.61 Å². The lowest BCUT2D eigenvalue weighted by Crippen LogP contribution is -2.13. The first kappa shape index (κ1) is 18.5. The zero-order chi connectivity index (χ0) is 16.5. The summed E-state index contributed by atoms with van der Waals surface area (Å²) in [5.74, 6) is -0.341. The topological polar surface area (TPSA) is 52.6 Å². The average molecular weight is 327 g/mol. The van der Waals surface area contributed by atoms with Crippen molar-refractivity contribution >= 4 is 23.5 Å². The highest BCUT2D eigenvalue weighted by Gasteiger charge is 2.13. The van der Waals surface area contributed by atoms with Gasteiger partial charge in [0, 0.05) is 0 Å². The molecule has 0 aromatic heterocycles. The standard InChI is InChI=1S/C17H23ClO4/c1-12(2)6-5-9-21-16(19)14-7-4-8-15(10-14)17(20)22-11-13(3)18/h4,7-8,10,12-13H,5-6,9,11H2,1-3H3. The van der Waals surface area contributed by atoms with E-state index in [0.29, 0.717) is 23.7 Å². The van der Waals surface area contributed by atoms with Gasteiger partial charge in [0.05, 0.1) is 23.1 Å². The summed E-state index contributed by atoms with van der Waals surface area (Å²) in [4.78, 5) is 23.8. The molecule has 22 heavy (non-hydrogen) atoms. The Hall–Kier alpha value is -1.55. The number of hydrogen-bond acceptors (Lipinski definition) is 4. The maximum atomic E-state index is 11.9. The van der Waals surface area contributed by atoms with Crippen LogP contribution in [-0.2, 0) is 9.47 Å². The van der Waals surface area contributed by atoms with Crippen molar-refractivity contribution in [3.05, 3.63) is 35.4 Å². The number of halogens is 1. The van der Waals surface area contributed by atoms with Crippen LogP contribution in [0.15, 0.2) is 24.3 Å². The first-order valence-corrected chi connectivity index (χ1v) is 7.92. The minimum absolute atomic E-state index is 0.129. The maximum absolute atomic E-state index is 11.9. The first-order valence-electron chi connectivity index (χ1n) is 7.48. The second-order valence-electron chi connectivity index (χ2n) is 5.63. The molecule has 0 fully saturated rings. The van der Waals surface area contributed by atoms with E-state index in [0.717, 1.165) is 12.8 Å². The van der Waals surface area contributed by atoms with Crippen LogP contribution in [0.1, 0.15) is 54.3 Å². The van der Waals surface area contributed by atoms with Crippen LogP contribution in [0, 0.1) is 5.92 Å². The zero-order valence-electron chi connectivity index (χ0n) is 13.3. The fourth-order valence-corrected chi connectivity index (χ4v) is 1.85. The van der Waals surface area contributed by atoms with Crippen LogP contribution in [0.3, 0.4) is 0 Å². The zero-order valence-corrected chi connectivity index (χ0v) is 14.1. The molecule has 4 nitrogen and oxygen atoms in total. The van der Waals surface area contributed by atoms with Gasteiger partial charge in [-0.05, 0) is 43.9 Å². The van der Waals surface area contributed by atoms with Crippen molar-refractivity contribution < 1.29 is 19.1 Å². The number of rotatable bonds is 8. The molecule has 1 aromatic rings. The van der Waals surface area contributed by atoms with Gasteiger partial charge in [-0.3, -0.25) is 0 Å². The summed E-state index contributed by atoms with van der Waals surface area (Å²) < 4.78 is 10.2. The molecular formula is C17H23ClO4. The van der Waals surface area contributed by atoms with Gasteiger partial charge in [-0.2, -0.15) is 0 Å². The first-order chi connectivity index (χ1) is 10.4. The predicted molar refractivity (Wildman–Crippen MR) is 86.4 cm³/mol. The molecular weight excluding hydrogens is 304 g/mol. The lowest BCUT2D eigenvalue weighted by atomic mass is 10.1. The third-order valence-electron chi connectivity index (χ3n) is 2.94. The lowest BCUT2D eigenvalue weighted by molar-refractivity contribution is 0.0494. The monoisotopic (exact) mass is 326 g/mol. The number of hydrogen-bond donors (Lipinski definition) is 0. The number of ether oxygens (including phenoxy) is 2. The van der Waals surface area contributed by atoms with Crippen LogP contribution in [0.4, 0.5) is 0 Å². The Morgan fingerprint density at radius 3 is 2.23 bits per heavy atom. The molecule has 0 aliphatic rings. The van der Waals surface area contributed by atoms with Gasteiger partial charge in [0.2, 0.25) is 0 Å². The SMILES string of the molecule is CC(C)CCCOC(=O)c1cccc(C(=O)OCC(C)Cl)c1. The van der Waals surface area contributed by atoms with Crippen molar-refractivity contribution in [3.63, 3.8) is 0 Å². The van der Waals surface area contributed by atoms with Crippen LogP contribution >= 0.6 is 11.6 Å². The molecule has 0 bridgehead atoms. The van der Waals surface area contributed by atoms with E-state index < -0.39 is 11.9 Å². The second kappa shape index (κ2) is 9.46. The Morgan fingerprint density at radius 2 is 1.68 bits per heavy atom. The number of esters is 2. The molecule has 1 atom stereocenters. The van der Waals surface area contributed by atoms with Crippen molar-refractivity contribution in [3.8, 4) is 0 Å². The Labute approximate surface area is 136 Å². The van der Waals surface area contributed by atoms with Crippen LogP contribution in [-0.4, -0.2) is 30.5 Å². The van der Waals surface area contributed by atoms with E-state index in [2.05, 4.69) is 13.8 Å². The predicted octanol–water partition coefficient (Wildman–Crippen LogP) is 4.06. The third-order valence-corrected chi connectivity index (χ3v) is 3.06. The van der Waals surface area contributed by atoms with Gasteiger partial charge in [-0.1, -0.05) is 19.9 Å². The molecule has 0 radical (unpaired) electrons. The normalized spacial score (nSPS) is 12.0. The molecule has 0 heterocycles. The van der Waals surface area contributed by atoms with Crippen LogP contribution in [0.25, 0.3) is 0 Å². The summed E-state index contributed by atoms with van der Waals surface area (Å²) in [6.45, 7) is 6.50. The molecule has 0 aliphatic heterocycles. The molecule has 1 rings (SSSR count). The largest absolute Gasteiger partial charge is 0.462 e. The van der Waals surface area contributed by atoms with Crippen molar-refractivity contribution in [1.29, 1.82) is 0 Å². The number of carbonyl (C=O) groups is 2. The van der Waals surface area contributed by atoms with Gasteiger partial charge < -0.3 is 9.47 Å². The van der Waals surface area contributed by atoms with Gasteiger partial charge in [0.15, 0.2) is 0 Å². The number of carbonyl (C=O) groups excluding carboxylic acids is 2. The lowest BCUT2D eigenvalue weighted by Gasteiger charge is -2.08. The van der Waals surface area contributed by atoms with Crippen molar-refractivity contribution in [2.45, 2.75) is 39.0 Å².